The number of hydrogen-bond donors (Lipinski definition) is 2. The number of fused-ring (bicyclic) bond motifs is 1. The van der Waals surface area contributed by atoms with Crippen LogP contribution in [0.3, 0.4) is 0 Å². The van der Waals surface area contributed by atoms with Gasteiger partial charge >= 0.3 is 12.4 Å². The van der Waals surface area contributed by atoms with Crippen molar-refractivity contribution in [2.24, 2.45) is 5.92 Å². The van der Waals surface area contributed by atoms with Gasteiger partial charge < -0.3 is 10.3 Å². The van der Waals surface area contributed by atoms with E-state index < -0.39 is 46.8 Å². The first-order valence-electron chi connectivity index (χ1n) is 13.4. The van der Waals surface area contributed by atoms with Crippen LogP contribution < -0.4 is 5.32 Å². The molecular weight excluding hydrogens is 580 g/mol. The van der Waals surface area contributed by atoms with Gasteiger partial charge in [0.15, 0.2) is 5.78 Å². The van der Waals surface area contributed by atoms with E-state index in [9.17, 15) is 31.1 Å². The van der Waals surface area contributed by atoms with Crippen molar-refractivity contribution < 1.29 is 31.1 Å². The Morgan fingerprint density at radius 1 is 0.810 bits per heavy atom. The van der Waals surface area contributed by atoms with E-state index in [1.807, 2.05) is 65.7 Å². The highest BCUT2D eigenvalue weighted by atomic mass is 35.5. The quantitative estimate of drug-likeness (QED) is 0.164. The Hall–Kier alpha value is -3.34. The van der Waals surface area contributed by atoms with Crippen LogP contribution in [0.2, 0.25) is 0 Å². The normalized spacial score (nSPS) is 16.1. The van der Waals surface area contributed by atoms with E-state index in [0.717, 1.165) is 22.0 Å². The van der Waals surface area contributed by atoms with E-state index in [1.54, 1.807) is 0 Å². The van der Waals surface area contributed by atoms with Crippen molar-refractivity contribution in [1.29, 1.82) is 0 Å². The maximum atomic E-state index is 14.2. The fourth-order valence-corrected chi connectivity index (χ4v) is 5.70. The number of nitrogens with one attached hydrogen (secondary N) is 2. The van der Waals surface area contributed by atoms with Crippen LogP contribution in [-0.2, 0) is 25.2 Å². The van der Waals surface area contributed by atoms with Crippen LogP contribution >= 0.6 is 12.4 Å². The third kappa shape index (κ3) is 7.17. The molecule has 1 aliphatic rings. The zero-order valence-corrected chi connectivity index (χ0v) is 23.3. The van der Waals surface area contributed by atoms with Gasteiger partial charge in [-0.1, -0.05) is 48.5 Å². The minimum atomic E-state index is -5.05. The second-order valence-corrected chi connectivity index (χ2v) is 10.4. The average Bonchev–Trinajstić information content (AvgIpc) is 3.36. The summed E-state index contributed by atoms with van der Waals surface area (Å²) in [5, 5.41) is 4.16. The van der Waals surface area contributed by atoms with Crippen molar-refractivity contribution in [3.8, 4) is 0 Å². The number of para-hydroxylation sites is 1. The molecule has 2 heterocycles. The molecule has 1 aliphatic heterocycles. The molecular formula is C31H30ClF6N3O. The molecule has 4 nitrogen and oxygen atoms in total. The fraction of sp³-hybridized carbons (Fsp3) is 0.323. The van der Waals surface area contributed by atoms with Crippen molar-refractivity contribution in [3.63, 3.8) is 0 Å². The SMILES string of the molecule is Cl.O=C(c1cc(C(F)(F)F)cc(C(F)(F)F)c1)C(C(Cc1ccccc1)Cc1c[nH]c2ccccc12)N1CCNCC1. The Labute approximate surface area is 245 Å². The predicted molar refractivity (Wildman–Crippen MR) is 152 cm³/mol. The van der Waals surface area contributed by atoms with E-state index >= 15 is 0 Å². The van der Waals surface area contributed by atoms with Crippen LogP contribution in [0.5, 0.6) is 0 Å². The first-order valence-corrected chi connectivity index (χ1v) is 13.4. The van der Waals surface area contributed by atoms with Gasteiger partial charge in [0.1, 0.15) is 0 Å². The maximum Gasteiger partial charge on any atom is 0.416 e. The average molecular weight is 610 g/mol. The molecule has 0 saturated carbocycles. The van der Waals surface area contributed by atoms with Gasteiger partial charge in [0, 0.05) is 48.8 Å². The van der Waals surface area contributed by atoms with Gasteiger partial charge in [0.05, 0.1) is 17.2 Å². The van der Waals surface area contributed by atoms with E-state index in [2.05, 4.69) is 10.3 Å². The first kappa shape index (κ1) is 31.6. The number of ketones is 1. The van der Waals surface area contributed by atoms with Crippen LogP contribution in [0.1, 0.15) is 32.6 Å². The number of alkyl halides is 6. The highest BCUT2D eigenvalue weighted by molar-refractivity contribution is 6.01. The molecule has 2 unspecified atom stereocenters. The highest BCUT2D eigenvalue weighted by Crippen LogP contribution is 2.37. The molecule has 11 heteroatoms. The Kier molecular flexibility index (Phi) is 9.70. The summed E-state index contributed by atoms with van der Waals surface area (Å²) in [6.45, 7) is 1.96. The van der Waals surface area contributed by atoms with Gasteiger partial charge in [-0.2, -0.15) is 26.3 Å². The number of aromatic amines is 1. The number of H-pyrrole nitrogens is 1. The Morgan fingerprint density at radius 3 is 2.02 bits per heavy atom. The molecule has 224 valence electrons. The summed E-state index contributed by atoms with van der Waals surface area (Å²) in [6, 6.07) is 17.3. The van der Waals surface area contributed by atoms with Gasteiger partial charge in [0.25, 0.3) is 0 Å². The highest BCUT2D eigenvalue weighted by Gasteiger charge is 2.40. The van der Waals surface area contributed by atoms with Crippen molar-refractivity contribution in [1.82, 2.24) is 15.2 Å². The van der Waals surface area contributed by atoms with Crippen molar-refractivity contribution in [2.75, 3.05) is 26.2 Å². The van der Waals surface area contributed by atoms with Crippen LogP contribution in [0, 0.1) is 5.92 Å². The summed E-state index contributed by atoms with van der Waals surface area (Å²) >= 11 is 0. The number of carbonyl (C=O) groups excluding carboxylic acids is 1. The fourth-order valence-electron chi connectivity index (χ4n) is 5.70. The lowest BCUT2D eigenvalue weighted by atomic mass is 9.81. The van der Waals surface area contributed by atoms with Crippen molar-refractivity contribution in [2.45, 2.75) is 31.2 Å². The number of Topliss-reactive ketones (excluding diaryl/α,β-unsaturated/α-hetero) is 1. The summed E-state index contributed by atoms with van der Waals surface area (Å²) in [5.41, 5.74) is -0.830. The molecule has 3 aromatic carbocycles. The number of halogens is 7. The lowest BCUT2D eigenvalue weighted by Gasteiger charge is -2.39. The Bertz CT molecular complexity index is 1460. The van der Waals surface area contributed by atoms with E-state index in [0.29, 0.717) is 51.2 Å². The Balaban J connectivity index is 0.00000405. The number of hydrogen-bond acceptors (Lipinski definition) is 3. The second-order valence-electron chi connectivity index (χ2n) is 10.4. The number of piperazine rings is 1. The van der Waals surface area contributed by atoms with Gasteiger partial charge in [-0.05, 0) is 54.2 Å². The van der Waals surface area contributed by atoms with Crippen LogP contribution in [0.15, 0.2) is 79.0 Å². The van der Waals surface area contributed by atoms with E-state index in [1.165, 1.54) is 0 Å². The van der Waals surface area contributed by atoms with Gasteiger partial charge in [0.2, 0.25) is 0 Å². The third-order valence-corrected chi connectivity index (χ3v) is 7.63. The van der Waals surface area contributed by atoms with Gasteiger partial charge in [-0.25, -0.2) is 0 Å². The number of nitrogens with zero attached hydrogens (tertiary/aromatic N) is 1. The molecule has 0 amide bonds. The molecule has 1 saturated heterocycles. The lowest BCUT2D eigenvalue weighted by Crippen LogP contribution is -2.54. The van der Waals surface area contributed by atoms with Crippen LogP contribution in [-0.4, -0.2) is 47.9 Å². The van der Waals surface area contributed by atoms with Crippen LogP contribution in [0.4, 0.5) is 26.3 Å². The molecule has 1 fully saturated rings. The summed E-state index contributed by atoms with van der Waals surface area (Å²) in [6.07, 6.45) is -7.44. The molecule has 4 aromatic rings. The summed E-state index contributed by atoms with van der Waals surface area (Å²) in [7, 11) is 0. The number of aromatic nitrogens is 1. The predicted octanol–water partition coefficient (Wildman–Crippen LogP) is 7.19. The zero-order valence-electron chi connectivity index (χ0n) is 22.4. The standard InChI is InChI=1S/C31H29F6N3O.ClH/c32-30(33,34)24-16-22(17-25(18-24)31(35,36)37)29(41)28(40-12-10-38-11-13-40)21(14-20-6-2-1-3-7-20)15-23-19-39-27-9-5-4-8-26(23)27;/h1-9,16-19,21,28,38-39H,10-15H2;1H. The minimum Gasteiger partial charge on any atom is -0.361 e. The maximum absolute atomic E-state index is 14.2. The zero-order chi connectivity index (χ0) is 29.2. The second kappa shape index (κ2) is 12.9. The molecule has 0 spiro atoms. The Morgan fingerprint density at radius 2 is 1.40 bits per heavy atom. The van der Waals surface area contributed by atoms with Crippen LogP contribution in [0.25, 0.3) is 10.9 Å². The molecule has 0 aliphatic carbocycles. The topological polar surface area (TPSA) is 48.1 Å². The molecule has 2 atom stereocenters. The monoisotopic (exact) mass is 609 g/mol. The molecule has 5 rings (SSSR count). The largest absolute Gasteiger partial charge is 0.416 e. The van der Waals surface area contributed by atoms with E-state index in [-0.39, 0.29) is 18.5 Å². The van der Waals surface area contributed by atoms with Gasteiger partial charge in [-0.3, -0.25) is 9.69 Å². The molecule has 42 heavy (non-hydrogen) atoms. The number of rotatable bonds is 8. The smallest absolute Gasteiger partial charge is 0.361 e. The van der Waals surface area contributed by atoms with Crippen molar-refractivity contribution in [3.05, 3.63) is 107 Å². The summed E-state index contributed by atoms with van der Waals surface area (Å²) in [5.74, 6) is -1.18. The molecule has 2 N–H and O–H groups in total. The third-order valence-electron chi connectivity index (χ3n) is 7.63. The minimum absolute atomic E-state index is 0. The molecule has 0 radical (unpaired) electrons. The van der Waals surface area contributed by atoms with E-state index in [4.69, 9.17) is 0 Å². The molecule has 0 bridgehead atoms. The summed E-state index contributed by atoms with van der Waals surface area (Å²) < 4.78 is 82.2. The number of carbonyl (C=O) groups is 1. The van der Waals surface area contributed by atoms with Gasteiger partial charge in [-0.15, -0.1) is 12.4 Å². The number of benzene rings is 3. The molecule has 1 aromatic heterocycles. The lowest BCUT2D eigenvalue weighted by molar-refractivity contribution is -0.143. The summed E-state index contributed by atoms with van der Waals surface area (Å²) in [4.78, 5) is 19.3. The first-order chi connectivity index (χ1) is 19.5. The van der Waals surface area contributed by atoms with Crippen molar-refractivity contribution >= 4 is 29.1 Å².